The summed E-state index contributed by atoms with van der Waals surface area (Å²) in [5, 5.41) is 20.4. The molecule has 2 aromatic heterocycles. The minimum Gasteiger partial charge on any atom is -0.480 e. The smallest absolute Gasteiger partial charge is 0.326 e. The molecule has 7 nitrogen and oxygen atoms in total. The van der Waals surface area contributed by atoms with Crippen molar-refractivity contribution in [2.24, 2.45) is 7.05 Å². The molecule has 1 amide bonds. The van der Waals surface area contributed by atoms with Crippen LogP contribution in [0.1, 0.15) is 15.9 Å². The van der Waals surface area contributed by atoms with Gasteiger partial charge in [0.15, 0.2) is 0 Å². The van der Waals surface area contributed by atoms with E-state index in [1.807, 2.05) is 16.8 Å². The summed E-state index contributed by atoms with van der Waals surface area (Å²) in [6, 6.07) is 12.3. The third kappa shape index (κ3) is 5.30. The maximum Gasteiger partial charge on any atom is 0.326 e. The highest BCUT2D eigenvalue weighted by Crippen LogP contribution is 2.30. The number of benzene rings is 2. The summed E-state index contributed by atoms with van der Waals surface area (Å²) in [7, 11) is 1.59. The second-order valence-corrected chi connectivity index (χ2v) is 9.33. The van der Waals surface area contributed by atoms with Crippen molar-refractivity contribution in [2.45, 2.75) is 12.5 Å². The first kappa shape index (κ1) is 24.7. The van der Waals surface area contributed by atoms with Gasteiger partial charge in [-0.2, -0.15) is 16.4 Å². The predicted octanol–water partition coefficient (Wildman–Crippen LogP) is 4.91. The molecule has 0 aliphatic heterocycles. The minimum absolute atomic E-state index is 0.0203. The van der Waals surface area contributed by atoms with Crippen LogP contribution in [0.3, 0.4) is 0 Å². The molecule has 4 aromatic rings. The first-order valence-corrected chi connectivity index (χ1v) is 12.1. The molecular formula is C25H19Cl2N3O4S. The summed E-state index contributed by atoms with van der Waals surface area (Å²) in [4.78, 5) is 37.4. The fourth-order valence-corrected chi connectivity index (χ4v) is 4.87. The Balaban J connectivity index is 1.60. The summed E-state index contributed by atoms with van der Waals surface area (Å²) >= 11 is 13.7. The summed E-state index contributed by atoms with van der Waals surface area (Å²) in [5.41, 5.74) is 3.23. The Labute approximate surface area is 214 Å². The van der Waals surface area contributed by atoms with Gasteiger partial charge in [0.1, 0.15) is 6.04 Å². The molecule has 0 saturated heterocycles. The number of aliphatic carboxylic acids is 1. The first-order chi connectivity index (χ1) is 16.8. The van der Waals surface area contributed by atoms with Gasteiger partial charge in [0.2, 0.25) is 0 Å². The average Bonchev–Trinajstić information content (AvgIpc) is 3.35. The van der Waals surface area contributed by atoms with Crippen LogP contribution >= 0.6 is 34.5 Å². The monoisotopic (exact) mass is 527 g/mol. The van der Waals surface area contributed by atoms with Crippen molar-refractivity contribution in [3.63, 3.8) is 0 Å². The van der Waals surface area contributed by atoms with E-state index < -0.39 is 17.9 Å². The highest BCUT2D eigenvalue weighted by atomic mass is 35.5. The van der Waals surface area contributed by atoms with E-state index in [4.69, 9.17) is 23.2 Å². The molecule has 0 fully saturated rings. The van der Waals surface area contributed by atoms with Crippen molar-refractivity contribution >= 4 is 46.4 Å². The molecule has 1 atom stereocenters. The van der Waals surface area contributed by atoms with E-state index in [1.165, 1.54) is 28.2 Å². The Morgan fingerprint density at radius 2 is 1.77 bits per heavy atom. The molecule has 10 heteroatoms. The average molecular weight is 528 g/mol. The van der Waals surface area contributed by atoms with Crippen molar-refractivity contribution in [2.75, 3.05) is 0 Å². The normalized spacial score (nSPS) is 11.7. The highest BCUT2D eigenvalue weighted by Gasteiger charge is 2.24. The van der Waals surface area contributed by atoms with Crippen molar-refractivity contribution < 1.29 is 14.7 Å². The summed E-state index contributed by atoms with van der Waals surface area (Å²) in [6.07, 6.45) is 1.68. The maximum atomic E-state index is 12.9. The molecule has 4 rings (SSSR count). The van der Waals surface area contributed by atoms with E-state index in [-0.39, 0.29) is 27.6 Å². The second-order valence-electron chi connectivity index (χ2n) is 7.74. The molecule has 0 aliphatic rings. The number of amides is 1. The highest BCUT2D eigenvalue weighted by molar-refractivity contribution is 7.08. The summed E-state index contributed by atoms with van der Waals surface area (Å²) in [6.45, 7) is 0. The lowest BCUT2D eigenvalue weighted by atomic mass is 9.96. The Morgan fingerprint density at radius 3 is 2.37 bits per heavy atom. The topological polar surface area (TPSA) is 101 Å². The van der Waals surface area contributed by atoms with E-state index >= 15 is 0 Å². The van der Waals surface area contributed by atoms with E-state index in [9.17, 15) is 19.5 Å². The number of aromatic nitrogens is 2. The van der Waals surface area contributed by atoms with Gasteiger partial charge in [-0.15, -0.1) is 0 Å². The molecule has 0 aliphatic carbocycles. The molecule has 0 bridgehead atoms. The predicted molar refractivity (Wildman–Crippen MR) is 137 cm³/mol. The number of carbonyl (C=O) groups is 2. The number of carboxylic acid groups (broad SMARTS) is 1. The largest absolute Gasteiger partial charge is 0.480 e. The maximum absolute atomic E-state index is 12.9. The van der Waals surface area contributed by atoms with E-state index in [0.717, 1.165) is 11.1 Å². The molecular weight excluding hydrogens is 509 g/mol. The second kappa shape index (κ2) is 10.4. The van der Waals surface area contributed by atoms with Crippen LogP contribution in [-0.4, -0.2) is 32.8 Å². The zero-order valence-corrected chi connectivity index (χ0v) is 20.7. The number of halogens is 2. The lowest BCUT2D eigenvalue weighted by Gasteiger charge is -2.16. The van der Waals surface area contributed by atoms with Gasteiger partial charge in [0.25, 0.3) is 11.5 Å². The molecule has 35 heavy (non-hydrogen) atoms. The van der Waals surface area contributed by atoms with E-state index in [0.29, 0.717) is 16.7 Å². The third-order valence-corrected chi connectivity index (χ3v) is 6.76. The van der Waals surface area contributed by atoms with Crippen molar-refractivity contribution in [1.29, 1.82) is 0 Å². The molecule has 2 N–H and O–H groups in total. The van der Waals surface area contributed by atoms with Gasteiger partial charge in [-0.1, -0.05) is 53.5 Å². The third-order valence-electron chi connectivity index (χ3n) is 5.45. The standard InChI is InChI=1S/C25H19Cl2N3O4S/c1-30-24(32)21(17(12-28-30)16-9-10-35-13-16)15-7-5-14(6-8-15)11-20(25(33)34)29-23(31)22-18(26)3-2-4-19(22)27/h2-10,12-13,20H,11H2,1H3,(H,29,31)(H,33,34)/t20-/m0/s1. The fraction of sp³-hybridized carbons (Fsp3) is 0.120. The fourth-order valence-electron chi connectivity index (χ4n) is 3.64. The van der Waals surface area contributed by atoms with Gasteiger partial charge in [-0.05, 0) is 45.6 Å². The molecule has 0 radical (unpaired) electrons. The van der Waals surface area contributed by atoms with E-state index in [1.54, 1.807) is 43.6 Å². The lowest BCUT2D eigenvalue weighted by molar-refractivity contribution is -0.139. The zero-order chi connectivity index (χ0) is 25.1. The van der Waals surface area contributed by atoms with Crippen LogP contribution in [-0.2, 0) is 18.3 Å². The molecule has 0 saturated carbocycles. The Morgan fingerprint density at radius 1 is 1.09 bits per heavy atom. The number of nitrogens with zero attached hydrogens (tertiary/aromatic N) is 2. The zero-order valence-electron chi connectivity index (χ0n) is 18.4. The number of carbonyl (C=O) groups excluding carboxylic acids is 1. The van der Waals surface area contributed by atoms with Crippen LogP contribution in [0.25, 0.3) is 22.3 Å². The van der Waals surface area contributed by atoms with Crippen LogP contribution in [0.4, 0.5) is 0 Å². The first-order valence-electron chi connectivity index (χ1n) is 10.4. The van der Waals surface area contributed by atoms with Crippen LogP contribution in [0.5, 0.6) is 0 Å². The Bertz CT molecular complexity index is 1430. The van der Waals surface area contributed by atoms with Crippen molar-refractivity contribution in [3.8, 4) is 22.3 Å². The summed E-state index contributed by atoms with van der Waals surface area (Å²) in [5.74, 6) is -1.88. The molecule has 0 spiro atoms. The van der Waals surface area contributed by atoms with Gasteiger partial charge in [0, 0.05) is 19.0 Å². The SMILES string of the molecule is Cn1ncc(-c2ccsc2)c(-c2ccc(C[C@H](NC(=O)c3c(Cl)cccc3Cl)C(=O)O)cc2)c1=O. The van der Waals surface area contributed by atoms with Crippen molar-refractivity contribution in [3.05, 3.63) is 97.0 Å². The number of thiophene rings is 1. The van der Waals surface area contributed by atoms with Crippen LogP contribution in [0.15, 0.2) is 70.3 Å². The van der Waals surface area contributed by atoms with Crippen molar-refractivity contribution in [1.82, 2.24) is 15.1 Å². The number of hydrogen-bond donors (Lipinski definition) is 2. The number of nitrogens with one attached hydrogen (secondary N) is 1. The number of aryl methyl sites for hydroxylation is 1. The number of carboxylic acids is 1. The van der Waals surface area contributed by atoms with Crippen LogP contribution in [0.2, 0.25) is 10.0 Å². The quantitative estimate of drug-likeness (QED) is 0.355. The van der Waals surface area contributed by atoms with Gasteiger partial charge < -0.3 is 10.4 Å². The molecule has 0 unspecified atom stereocenters. The Kier molecular flexibility index (Phi) is 7.35. The molecule has 2 heterocycles. The lowest BCUT2D eigenvalue weighted by Crippen LogP contribution is -2.42. The minimum atomic E-state index is -1.21. The van der Waals surface area contributed by atoms with Gasteiger partial charge in [-0.25, -0.2) is 9.48 Å². The van der Waals surface area contributed by atoms with E-state index in [2.05, 4.69) is 10.4 Å². The Hall–Kier alpha value is -3.46. The van der Waals surface area contributed by atoms with Gasteiger partial charge >= 0.3 is 5.97 Å². The number of hydrogen-bond acceptors (Lipinski definition) is 5. The van der Waals surface area contributed by atoms with Gasteiger partial charge in [0.05, 0.1) is 27.4 Å². The molecule has 2 aromatic carbocycles. The van der Waals surface area contributed by atoms with Gasteiger partial charge in [-0.3, -0.25) is 9.59 Å². The molecule has 178 valence electrons. The summed E-state index contributed by atoms with van der Waals surface area (Å²) < 4.78 is 1.27. The van der Waals surface area contributed by atoms with Crippen LogP contribution < -0.4 is 10.9 Å². The van der Waals surface area contributed by atoms with Crippen LogP contribution in [0, 0.1) is 0 Å². The number of rotatable bonds is 7.